The molecule has 2 aliphatic heterocycles. The molecule has 0 aromatic heterocycles. The molecule has 102 valence electrons. The number of carboxylic acid groups (broad SMARTS) is 1. The first-order valence-electron chi connectivity index (χ1n) is 6.20. The summed E-state index contributed by atoms with van der Waals surface area (Å²) >= 11 is 0. The molecule has 0 spiro atoms. The second-order valence-corrected chi connectivity index (χ2v) is 5.01. The van der Waals surface area contributed by atoms with Gasteiger partial charge in [-0.25, -0.2) is 0 Å². The van der Waals surface area contributed by atoms with Crippen LogP contribution in [-0.2, 0) is 19.1 Å². The maximum Gasteiger partial charge on any atom is 0.308 e. The van der Waals surface area contributed by atoms with Gasteiger partial charge in [-0.3, -0.25) is 9.59 Å². The molecule has 2 rings (SSSR count). The molecule has 2 fully saturated rings. The molecular formula is C12H19NO5. The van der Waals surface area contributed by atoms with Gasteiger partial charge in [0.1, 0.15) is 0 Å². The predicted octanol–water partition coefficient (Wildman–Crippen LogP) is 0.115. The highest BCUT2D eigenvalue weighted by molar-refractivity contribution is 5.86. The van der Waals surface area contributed by atoms with Crippen LogP contribution in [0.4, 0.5) is 0 Å². The zero-order chi connectivity index (χ0) is 13.2. The molecule has 18 heavy (non-hydrogen) atoms. The third-order valence-electron chi connectivity index (χ3n) is 3.88. The van der Waals surface area contributed by atoms with Crippen LogP contribution in [0.3, 0.4) is 0 Å². The number of hydrogen-bond donors (Lipinski definition) is 1. The number of carboxylic acids is 1. The van der Waals surface area contributed by atoms with E-state index in [1.807, 2.05) is 0 Å². The van der Waals surface area contributed by atoms with Gasteiger partial charge in [0, 0.05) is 52.7 Å². The zero-order valence-electron chi connectivity index (χ0n) is 10.6. The van der Waals surface area contributed by atoms with Gasteiger partial charge in [0.05, 0.1) is 11.5 Å². The number of likely N-dealkylation sites (tertiary alicyclic amines) is 1. The lowest BCUT2D eigenvalue weighted by atomic mass is 9.93. The third kappa shape index (κ3) is 2.64. The third-order valence-corrected chi connectivity index (χ3v) is 3.88. The standard InChI is InChI=1S/C12H19NO5/c1-17-12(2-4-18-5-3-12)8-13-7-9(11(15)16)6-10(13)14/h9H,2-8H2,1H3,(H,15,16). The van der Waals surface area contributed by atoms with Crippen molar-refractivity contribution in [2.75, 3.05) is 33.4 Å². The average Bonchev–Trinajstić information content (AvgIpc) is 2.72. The topological polar surface area (TPSA) is 76.1 Å². The minimum absolute atomic E-state index is 0.0923. The number of carbonyl (C=O) groups is 2. The van der Waals surface area contributed by atoms with Crippen LogP contribution in [0.5, 0.6) is 0 Å². The van der Waals surface area contributed by atoms with Gasteiger partial charge in [0.2, 0.25) is 5.91 Å². The Labute approximate surface area is 106 Å². The molecule has 1 atom stereocenters. The van der Waals surface area contributed by atoms with Crippen molar-refractivity contribution in [3.8, 4) is 0 Å². The number of rotatable bonds is 4. The SMILES string of the molecule is COC1(CN2CC(C(=O)O)CC2=O)CCOCC1. The van der Waals surface area contributed by atoms with Gasteiger partial charge in [-0.05, 0) is 0 Å². The first kappa shape index (κ1) is 13.3. The normalized spacial score (nSPS) is 27.5. The highest BCUT2D eigenvalue weighted by Crippen LogP contribution is 2.28. The largest absolute Gasteiger partial charge is 0.481 e. The Morgan fingerprint density at radius 3 is 2.72 bits per heavy atom. The molecular weight excluding hydrogens is 238 g/mol. The summed E-state index contributed by atoms with van der Waals surface area (Å²) < 4.78 is 10.9. The number of aliphatic carboxylic acids is 1. The van der Waals surface area contributed by atoms with E-state index in [0.29, 0.717) is 26.3 Å². The van der Waals surface area contributed by atoms with Crippen molar-refractivity contribution in [2.45, 2.75) is 24.9 Å². The molecule has 0 aliphatic carbocycles. The van der Waals surface area contributed by atoms with Gasteiger partial charge < -0.3 is 19.5 Å². The average molecular weight is 257 g/mol. The van der Waals surface area contributed by atoms with Crippen LogP contribution in [0, 0.1) is 5.92 Å². The van der Waals surface area contributed by atoms with Crippen LogP contribution < -0.4 is 0 Å². The lowest BCUT2D eigenvalue weighted by Gasteiger charge is -2.38. The van der Waals surface area contributed by atoms with Crippen molar-refractivity contribution in [1.82, 2.24) is 4.90 Å². The molecule has 0 saturated carbocycles. The number of ether oxygens (including phenoxy) is 2. The Morgan fingerprint density at radius 2 is 2.22 bits per heavy atom. The predicted molar refractivity (Wildman–Crippen MR) is 62.1 cm³/mol. The van der Waals surface area contributed by atoms with Crippen molar-refractivity contribution >= 4 is 11.9 Å². The van der Waals surface area contributed by atoms with Crippen LogP contribution in [0.15, 0.2) is 0 Å². The molecule has 0 bridgehead atoms. The number of amides is 1. The quantitative estimate of drug-likeness (QED) is 0.774. The molecule has 1 N–H and O–H groups in total. The monoisotopic (exact) mass is 257 g/mol. The van der Waals surface area contributed by atoms with Crippen molar-refractivity contribution in [2.24, 2.45) is 5.92 Å². The lowest BCUT2D eigenvalue weighted by molar-refractivity contribution is -0.141. The number of carbonyl (C=O) groups excluding carboxylic acids is 1. The number of nitrogens with zero attached hydrogens (tertiary/aromatic N) is 1. The van der Waals surface area contributed by atoms with Crippen molar-refractivity contribution in [3.63, 3.8) is 0 Å². The maximum atomic E-state index is 11.8. The van der Waals surface area contributed by atoms with Gasteiger partial charge in [-0.15, -0.1) is 0 Å². The van der Waals surface area contributed by atoms with Gasteiger partial charge in [0.25, 0.3) is 0 Å². The molecule has 2 saturated heterocycles. The molecule has 1 amide bonds. The van der Waals surface area contributed by atoms with Crippen LogP contribution in [0.25, 0.3) is 0 Å². The minimum Gasteiger partial charge on any atom is -0.481 e. The molecule has 6 heteroatoms. The zero-order valence-corrected chi connectivity index (χ0v) is 10.6. The van der Waals surface area contributed by atoms with Gasteiger partial charge >= 0.3 is 5.97 Å². The van der Waals surface area contributed by atoms with Crippen molar-refractivity contribution in [3.05, 3.63) is 0 Å². The number of methoxy groups -OCH3 is 1. The number of hydrogen-bond acceptors (Lipinski definition) is 4. The summed E-state index contributed by atoms with van der Waals surface area (Å²) in [6, 6.07) is 0. The Morgan fingerprint density at radius 1 is 1.56 bits per heavy atom. The molecule has 0 aromatic carbocycles. The molecule has 1 unspecified atom stereocenters. The second-order valence-electron chi connectivity index (χ2n) is 5.01. The molecule has 6 nitrogen and oxygen atoms in total. The van der Waals surface area contributed by atoms with Crippen LogP contribution in [0.1, 0.15) is 19.3 Å². The van der Waals surface area contributed by atoms with E-state index in [-0.39, 0.29) is 17.9 Å². The van der Waals surface area contributed by atoms with E-state index in [0.717, 1.165) is 12.8 Å². The minimum atomic E-state index is -0.899. The van der Waals surface area contributed by atoms with E-state index in [2.05, 4.69) is 0 Å². The van der Waals surface area contributed by atoms with Crippen LogP contribution in [0.2, 0.25) is 0 Å². The molecule has 2 heterocycles. The summed E-state index contributed by atoms with van der Waals surface area (Å²) in [6.07, 6.45) is 1.58. The highest BCUT2D eigenvalue weighted by Gasteiger charge is 2.41. The molecule has 0 radical (unpaired) electrons. The summed E-state index contributed by atoms with van der Waals surface area (Å²) in [5.74, 6) is -1.57. The van der Waals surface area contributed by atoms with Crippen LogP contribution in [-0.4, -0.2) is 60.9 Å². The summed E-state index contributed by atoms with van der Waals surface area (Å²) in [5.41, 5.74) is -0.374. The van der Waals surface area contributed by atoms with Crippen molar-refractivity contribution < 1.29 is 24.2 Å². The van der Waals surface area contributed by atoms with E-state index in [1.54, 1.807) is 12.0 Å². The molecule has 2 aliphatic rings. The van der Waals surface area contributed by atoms with Gasteiger partial charge in [-0.2, -0.15) is 0 Å². The van der Waals surface area contributed by atoms with Gasteiger partial charge in [0.15, 0.2) is 0 Å². The summed E-state index contributed by atoms with van der Waals surface area (Å²) in [6.45, 7) is 2.01. The Balaban J connectivity index is 1.99. The summed E-state index contributed by atoms with van der Waals surface area (Å²) in [7, 11) is 1.64. The lowest BCUT2D eigenvalue weighted by Crippen LogP contribution is -2.48. The Bertz CT molecular complexity index is 337. The second kappa shape index (κ2) is 5.24. The van der Waals surface area contributed by atoms with E-state index in [1.165, 1.54) is 0 Å². The Hall–Kier alpha value is -1.14. The first-order chi connectivity index (χ1) is 8.56. The van der Waals surface area contributed by atoms with E-state index in [9.17, 15) is 9.59 Å². The maximum absolute atomic E-state index is 11.8. The van der Waals surface area contributed by atoms with E-state index < -0.39 is 11.9 Å². The van der Waals surface area contributed by atoms with Crippen LogP contribution >= 0.6 is 0 Å². The fraction of sp³-hybridized carbons (Fsp3) is 0.833. The summed E-state index contributed by atoms with van der Waals surface area (Å²) in [5, 5.41) is 8.95. The molecule has 0 aromatic rings. The van der Waals surface area contributed by atoms with E-state index >= 15 is 0 Å². The smallest absolute Gasteiger partial charge is 0.308 e. The highest BCUT2D eigenvalue weighted by atomic mass is 16.5. The Kier molecular flexibility index (Phi) is 3.87. The fourth-order valence-corrected chi connectivity index (χ4v) is 2.61. The van der Waals surface area contributed by atoms with Gasteiger partial charge in [-0.1, -0.05) is 0 Å². The fourth-order valence-electron chi connectivity index (χ4n) is 2.61. The van der Waals surface area contributed by atoms with E-state index in [4.69, 9.17) is 14.6 Å². The van der Waals surface area contributed by atoms with Crippen molar-refractivity contribution in [1.29, 1.82) is 0 Å². The summed E-state index contributed by atoms with van der Waals surface area (Å²) in [4.78, 5) is 24.3. The first-order valence-corrected chi connectivity index (χ1v) is 6.20.